The Labute approximate surface area is 171 Å². The van der Waals surface area contributed by atoms with Gasteiger partial charge in [-0.2, -0.15) is 0 Å². The van der Waals surface area contributed by atoms with E-state index in [0.717, 1.165) is 0 Å². The quantitative estimate of drug-likeness (QED) is 0.678. The maximum Gasteiger partial charge on any atom is 0.255 e. The Hall–Kier alpha value is -1.46. The van der Waals surface area contributed by atoms with Crippen molar-refractivity contribution in [1.29, 1.82) is 0 Å². The van der Waals surface area contributed by atoms with Gasteiger partial charge in [-0.25, -0.2) is 0 Å². The molecule has 1 aliphatic rings. The van der Waals surface area contributed by atoms with Crippen molar-refractivity contribution in [3.05, 3.63) is 67.6 Å². The van der Waals surface area contributed by atoms with Crippen LogP contribution in [0.4, 0.5) is 0 Å². The van der Waals surface area contributed by atoms with E-state index in [4.69, 9.17) is 46.4 Å². The van der Waals surface area contributed by atoms with E-state index in [9.17, 15) is 9.59 Å². The van der Waals surface area contributed by atoms with Crippen LogP contribution >= 0.6 is 46.4 Å². The maximum atomic E-state index is 12.6. The number of rotatable bonds is 2. The summed E-state index contributed by atoms with van der Waals surface area (Å²) in [4.78, 5) is 28.6. The van der Waals surface area contributed by atoms with Crippen LogP contribution in [0.1, 0.15) is 20.7 Å². The molecule has 0 aliphatic carbocycles. The van der Waals surface area contributed by atoms with Crippen LogP contribution in [-0.4, -0.2) is 47.8 Å². The summed E-state index contributed by atoms with van der Waals surface area (Å²) < 4.78 is 0. The highest BCUT2D eigenvalue weighted by molar-refractivity contribution is 6.37. The van der Waals surface area contributed by atoms with Crippen molar-refractivity contribution in [1.82, 2.24) is 9.80 Å². The van der Waals surface area contributed by atoms with E-state index >= 15 is 0 Å². The first-order valence-electron chi connectivity index (χ1n) is 7.85. The fraction of sp³-hybridized carbons (Fsp3) is 0.222. The normalized spacial score (nSPS) is 14.5. The van der Waals surface area contributed by atoms with E-state index in [1.165, 1.54) is 0 Å². The molecule has 0 saturated carbocycles. The van der Waals surface area contributed by atoms with Crippen LogP contribution in [0.2, 0.25) is 20.1 Å². The third kappa shape index (κ3) is 4.26. The Morgan fingerprint density at radius 3 is 1.77 bits per heavy atom. The summed E-state index contributed by atoms with van der Waals surface area (Å²) >= 11 is 23.9. The van der Waals surface area contributed by atoms with E-state index in [1.54, 1.807) is 46.2 Å². The van der Waals surface area contributed by atoms with Crippen LogP contribution in [0.25, 0.3) is 0 Å². The van der Waals surface area contributed by atoms with Gasteiger partial charge in [-0.3, -0.25) is 9.59 Å². The van der Waals surface area contributed by atoms with E-state index in [0.29, 0.717) is 57.4 Å². The van der Waals surface area contributed by atoms with Crippen LogP contribution in [0.5, 0.6) is 0 Å². The second-order valence-electron chi connectivity index (χ2n) is 5.87. The number of halogens is 4. The molecule has 26 heavy (non-hydrogen) atoms. The fourth-order valence-corrected chi connectivity index (χ4v) is 3.82. The molecule has 4 nitrogen and oxygen atoms in total. The van der Waals surface area contributed by atoms with Crippen LogP contribution in [0, 0.1) is 0 Å². The average Bonchev–Trinajstić information content (AvgIpc) is 2.60. The molecule has 0 bridgehead atoms. The molecule has 0 spiro atoms. The summed E-state index contributed by atoms with van der Waals surface area (Å²) in [5, 5.41) is 1.61. The summed E-state index contributed by atoms with van der Waals surface area (Å²) in [5.41, 5.74) is 0.834. The van der Waals surface area contributed by atoms with Crippen LogP contribution in [0.3, 0.4) is 0 Å². The summed E-state index contributed by atoms with van der Waals surface area (Å²) in [6, 6.07) is 9.52. The highest BCUT2D eigenvalue weighted by Gasteiger charge is 2.26. The predicted octanol–water partition coefficient (Wildman–Crippen LogP) is 4.90. The van der Waals surface area contributed by atoms with E-state index in [-0.39, 0.29) is 11.8 Å². The fourth-order valence-electron chi connectivity index (χ4n) is 2.81. The molecular formula is C18H14Cl4N2O2. The van der Waals surface area contributed by atoms with Gasteiger partial charge in [-0.1, -0.05) is 46.4 Å². The van der Waals surface area contributed by atoms with Crippen molar-refractivity contribution < 1.29 is 9.59 Å². The molecule has 2 aromatic carbocycles. The van der Waals surface area contributed by atoms with Crippen molar-refractivity contribution in [3.63, 3.8) is 0 Å². The molecule has 0 unspecified atom stereocenters. The number of hydrogen-bond acceptors (Lipinski definition) is 2. The molecule has 8 heteroatoms. The van der Waals surface area contributed by atoms with Gasteiger partial charge >= 0.3 is 0 Å². The molecule has 0 N–H and O–H groups in total. The third-order valence-electron chi connectivity index (χ3n) is 4.13. The number of piperazine rings is 1. The zero-order chi connectivity index (χ0) is 18.8. The zero-order valence-electron chi connectivity index (χ0n) is 13.5. The Bertz CT molecular complexity index is 844. The zero-order valence-corrected chi connectivity index (χ0v) is 16.5. The van der Waals surface area contributed by atoms with Gasteiger partial charge in [0.05, 0.1) is 10.6 Å². The lowest BCUT2D eigenvalue weighted by molar-refractivity contribution is 0.0535. The monoisotopic (exact) mass is 430 g/mol. The molecule has 0 atom stereocenters. The number of carbonyl (C=O) groups is 2. The minimum absolute atomic E-state index is 0.161. The molecule has 1 heterocycles. The van der Waals surface area contributed by atoms with Gasteiger partial charge in [0.15, 0.2) is 0 Å². The molecule has 1 fully saturated rings. The number of amides is 2. The molecule has 1 aliphatic heterocycles. The summed E-state index contributed by atoms with van der Waals surface area (Å²) in [5.74, 6) is -0.337. The van der Waals surface area contributed by atoms with Crippen molar-refractivity contribution >= 4 is 58.2 Å². The van der Waals surface area contributed by atoms with E-state index in [1.807, 2.05) is 0 Å². The molecular weight excluding hydrogens is 418 g/mol. The van der Waals surface area contributed by atoms with E-state index < -0.39 is 0 Å². The Balaban J connectivity index is 1.67. The third-order valence-corrected chi connectivity index (χ3v) is 5.11. The molecule has 1 saturated heterocycles. The SMILES string of the molecule is O=C(c1cc(Cl)cc(Cl)c1)N1CCN(C(=O)c2ccc(Cl)cc2Cl)CC1. The van der Waals surface area contributed by atoms with Gasteiger partial charge in [0, 0.05) is 46.8 Å². The Kier molecular flexibility index (Phi) is 5.98. The van der Waals surface area contributed by atoms with Gasteiger partial charge in [0.25, 0.3) is 11.8 Å². The second kappa shape index (κ2) is 8.05. The molecule has 3 rings (SSSR count). The lowest BCUT2D eigenvalue weighted by Crippen LogP contribution is -2.50. The largest absolute Gasteiger partial charge is 0.335 e. The minimum Gasteiger partial charge on any atom is -0.335 e. The van der Waals surface area contributed by atoms with Crippen LogP contribution in [0.15, 0.2) is 36.4 Å². The molecule has 2 aromatic rings. The van der Waals surface area contributed by atoms with E-state index in [2.05, 4.69) is 0 Å². The van der Waals surface area contributed by atoms with Crippen LogP contribution < -0.4 is 0 Å². The summed E-state index contributed by atoms with van der Waals surface area (Å²) in [6.07, 6.45) is 0. The first kappa shape index (κ1) is 19.3. The highest BCUT2D eigenvalue weighted by atomic mass is 35.5. The Morgan fingerprint density at radius 2 is 1.23 bits per heavy atom. The van der Waals surface area contributed by atoms with Crippen molar-refractivity contribution in [3.8, 4) is 0 Å². The van der Waals surface area contributed by atoms with Crippen molar-refractivity contribution in [2.75, 3.05) is 26.2 Å². The standard InChI is InChI=1S/C18H14Cl4N2O2/c19-12-1-2-15(16(22)10-12)18(26)24-5-3-23(4-6-24)17(25)11-7-13(20)9-14(21)8-11/h1-2,7-10H,3-6H2. The van der Waals surface area contributed by atoms with Gasteiger partial charge in [-0.05, 0) is 36.4 Å². The van der Waals surface area contributed by atoms with Gasteiger partial charge < -0.3 is 9.80 Å². The summed E-state index contributed by atoms with van der Waals surface area (Å²) in [6.45, 7) is 1.66. The van der Waals surface area contributed by atoms with Gasteiger partial charge in [0.2, 0.25) is 0 Å². The number of carbonyl (C=O) groups excluding carboxylic acids is 2. The highest BCUT2D eigenvalue weighted by Crippen LogP contribution is 2.24. The van der Waals surface area contributed by atoms with Gasteiger partial charge in [-0.15, -0.1) is 0 Å². The lowest BCUT2D eigenvalue weighted by Gasteiger charge is -2.35. The first-order chi connectivity index (χ1) is 12.3. The molecule has 136 valence electrons. The van der Waals surface area contributed by atoms with Crippen molar-refractivity contribution in [2.24, 2.45) is 0 Å². The number of hydrogen-bond donors (Lipinski definition) is 0. The minimum atomic E-state index is -0.176. The van der Waals surface area contributed by atoms with Crippen LogP contribution in [-0.2, 0) is 0 Å². The summed E-state index contributed by atoms with van der Waals surface area (Å²) in [7, 11) is 0. The number of benzene rings is 2. The lowest BCUT2D eigenvalue weighted by atomic mass is 10.1. The topological polar surface area (TPSA) is 40.6 Å². The molecule has 0 radical (unpaired) electrons. The Morgan fingerprint density at radius 1 is 0.692 bits per heavy atom. The number of nitrogens with zero attached hydrogens (tertiary/aromatic N) is 2. The molecule has 2 amide bonds. The smallest absolute Gasteiger partial charge is 0.255 e. The second-order valence-corrected chi connectivity index (χ2v) is 7.58. The van der Waals surface area contributed by atoms with Crippen molar-refractivity contribution in [2.45, 2.75) is 0 Å². The average molecular weight is 432 g/mol. The maximum absolute atomic E-state index is 12.6. The first-order valence-corrected chi connectivity index (χ1v) is 9.36. The van der Waals surface area contributed by atoms with Gasteiger partial charge in [0.1, 0.15) is 0 Å². The molecule has 0 aromatic heterocycles. The predicted molar refractivity (Wildman–Crippen MR) is 105 cm³/mol.